The van der Waals surface area contributed by atoms with Gasteiger partial charge in [0.05, 0.1) is 11.1 Å². The first kappa shape index (κ1) is 11.8. The van der Waals surface area contributed by atoms with Crippen LogP contribution in [0.4, 0.5) is 0 Å². The number of benzene rings is 1. The molecular formula is C14H13NOS2. The van der Waals surface area contributed by atoms with Crippen LogP contribution in [0.25, 0.3) is 10.1 Å². The van der Waals surface area contributed by atoms with Crippen molar-refractivity contribution in [1.82, 2.24) is 4.98 Å². The fourth-order valence-corrected chi connectivity index (χ4v) is 3.79. The number of rotatable bonds is 3. The Labute approximate surface area is 114 Å². The van der Waals surface area contributed by atoms with Crippen molar-refractivity contribution in [2.75, 3.05) is 0 Å². The molecule has 1 atom stereocenters. The summed E-state index contributed by atoms with van der Waals surface area (Å²) >= 11 is 3.27. The Hall–Kier alpha value is -1.23. The van der Waals surface area contributed by atoms with Crippen molar-refractivity contribution in [2.45, 2.75) is 19.4 Å². The lowest BCUT2D eigenvalue weighted by atomic mass is 10.2. The normalized spacial score (nSPS) is 13.0. The summed E-state index contributed by atoms with van der Waals surface area (Å²) in [6.45, 7) is 1.98. The fourth-order valence-electron chi connectivity index (χ4n) is 1.93. The van der Waals surface area contributed by atoms with E-state index in [0.717, 1.165) is 15.6 Å². The summed E-state index contributed by atoms with van der Waals surface area (Å²) in [4.78, 5) is 5.41. The average Bonchev–Trinajstić information content (AvgIpc) is 2.95. The predicted molar refractivity (Wildman–Crippen MR) is 77.3 cm³/mol. The minimum absolute atomic E-state index is 0.451. The van der Waals surface area contributed by atoms with Gasteiger partial charge in [0, 0.05) is 27.1 Å². The highest BCUT2D eigenvalue weighted by atomic mass is 32.1. The van der Waals surface area contributed by atoms with E-state index in [1.165, 1.54) is 10.1 Å². The van der Waals surface area contributed by atoms with Crippen molar-refractivity contribution in [3.8, 4) is 0 Å². The molecule has 3 aromatic rings. The summed E-state index contributed by atoms with van der Waals surface area (Å²) in [7, 11) is 0. The number of aromatic nitrogens is 1. The van der Waals surface area contributed by atoms with Gasteiger partial charge in [-0.05, 0) is 24.4 Å². The van der Waals surface area contributed by atoms with E-state index in [2.05, 4.69) is 23.2 Å². The molecule has 18 heavy (non-hydrogen) atoms. The predicted octanol–water partition coefficient (Wildman–Crippen LogP) is 3.94. The maximum absolute atomic E-state index is 10.3. The molecule has 1 unspecified atom stereocenters. The molecule has 0 aliphatic heterocycles. The Bertz CT molecular complexity index is 638. The second-order valence-corrected chi connectivity index (χ2v) is 6.35. The van der Waals surface area contributed by atoms with Crippen LogP contribution in [0.15, 0.2) is 35.7 Å². The van der Waals surface area contributed by atoms with Crippen LogP contribution in [-0.2, 0) is 6.42 Å². The molecular weight excluding hydrogens is 262 g/mol. The van der Waals surface area contributed by atoms with Crippen LogP contribution in [0.3, 0.4) is 0 Å². The molecule has 0 aliphatic rings. The lowest BCUT2D eigenvalue weighted by Crippen LogP contribution is -1.98. The number of aryl methyl sites for hydroxylation is 1. The number of hydrogen-bond acceptors (Lipinski definition) is 4. The summed E-state index contributed by atoms with van der Waals surface area (Å²) in [6, 6.07) is 10.3. The summed E-state index contributed by atoms with van der Waals surface area (Å²) in [5.74, 6) is 0. The number of aliphatic hydroxyl groups is 1. The number of nitrogens with zero attached hydrogens (tertiary/aromatic N) is 1. The third kappa shape index (κ3) is 2.32. The van der Waals surface area contributed by atoms with Crippen molar-refractivity contribution in [3.05, 3.63) is 51.3 Å². The lowest BCUT2D eigenvalue weighted by Gasteiger charge is -2.04. The maximum Gasteiger partial charge on any atom is 0.0957 e. The van der Waals surface area contributed by atoms with Gasteiger partial charge in [-0.25, -0.2) is 4.98 Å². The Balaban J connectivity index is 1.85. The largest absolute Gasteiger partial charge is 0.387 e. The van der Waals surface area contributed by atoms with E-state index in [4.69, 9.17) is 0 Å². The molecule has 0 saturated heterocycles. The Morgan fingerprint density at radius 3 is 2.89 bits per heavy atom. The van der Waals surface area contributed by atoms with Crippen LogP contribution in [0.2, 0.25) is 0 Å². The molecule has 92 valence electrons. The van der Waals surface area contributed by atoms with Gasteiger partial charge >= 0.3 is 0 Å². The van der Waals surface area contributed by atoms with E-state index < -0.39 is 6.10 Å². The van der Waals surface area contributed by atoms with E-state index in [9.17, 15) is 5.11 Å². The monoisotopic (exact) mass is 275 g/mol. The second-order valence-electron chi connectivity index (χ2n) is 4.29. The molecule has 0 spiro atoms. The molecule has 1 N–H and O–H groups in total. The molecule has 0 fully saturated rings. The van der Waals surface area contributed by atoms with Gasteiger partial charge in [0.2, 0.25) is 0 Å². The molecule has 2 aromatic heterocycles. The van der Waals surface area contributed by atoms with Crippen LogP contribution >= 0.6 is 22.7 Å². The van der Waals surface area contributed by atoms with Crippen LogP contribution in [0.1, 0.15) is 21.7 Å². The lowest BCUT2D eigenvalue weighted by molar-refractivity contribution is 0.182. The molecule has 1 aromatic carbocycles. The number of hydrogen-bond donors (Lipinski definition) is 1. The van der Waals surface area contributed by atoms with Gasteiger partial charge < -0.3 is 5.11 Å². The molecule has 0 amide bonds. The zero-order chi connectivity index (χ0) is 12.5. The Morgan fingerprint density at radius 2 is 2.17 bits per heavy atom. The van der Waals surface area contributed by atoms with Crippen molar-refractivity contribution >= 4 is 32.8 Å². The number of thiophene rings is 1. The Morgan fingerprint density at radius 1 is 1.33 bits per heavy atom. The first-order valence-electron chi connectivity index (χ1n) is 5.80. The van der Waals surface area contributed by atoms with E-state index in [0.29, 0.717) is 6.42 Å². The van der Waals surface area contributed by atoms with Gasteiger partial charge in [-0.3, -0.25) is 0 Å². The van der Waals surface area contributed by atoms with Crippen LogP contribution < -0.4 is 0 Å². The van der Waals surface area contributed by atoms with E-state index >= 15 is 0 Å². The van der Waals surface area contributed by atoms with E-state index in [1.807, 2.05) is 24.4 Å². The minimum Gasteiger partial charge on any atom is -0.387 e. The fraction of sp³-hybridized carbons (Fsp3) is 0.214. The molecule has 0 saturated carbocycles. The minimum atomic E-state index is -0.451. The smallest absolute Gasteiger partial charge is 0.0957 e. The standard InChI is InChI=1S/C14H13NOS2/c1-9-8-17-14(15-9)7-11(16)13-6-10-4-2-3-5-12(10)18-13/h2-6,8,11,16H,7H2,1H3. The van der Waals surface area contributed by atoms with Gasteiger partial charge in [0.15, 0.2) is 0 Å². The van der Waals surface area contributed by atoms with E-state index in [1.54, 1.807) is 22.7 Å². The molecule has 2 nitrogen and oxygen atoms in total. The molecule has 3 rings (SSSR count). The average molecular weight is 275 g/mol. The van der Waals surface area contributed by atoms with E-state index in [-0.39, 0.29) is 0 Å². The zero-order valence-corrected chi connectivity index (χ0v) is 11.6. The van der Waals surface area contributed by atoms with Crippen molar-refractivity contribution in [2.24, 2.45) is 0 Å². The Kier molecular flexibility index (Phi) is 3.16. The molecule has 0 radical (unpaired) electrons. The van der Waals surface area contributed by atoms with Crippen LogP contribution in [0.5, 0.6) is 0 Å². The molecule has 0 aliphatic carbocycles. The van der Waals surface area contributed by atoms with Gasteiger partial charge in [0.25, 0.3) is 0 Å². The quantitative estimate of drug-likeness (QED) is 0.785. The SMILES string of the molecule is Cc1csc(CC(O)c2cc3ccccc3s2)n1. The zero-order valence-electron chi connectivity index (χ0n) is 9.96. The molecule has 2 heterocycles. The number of aliphatic hydroxyl groups excluding tert-OH is 1. The third-order valence-electron chi connectivity index (χ3n) is 2.81. The number of fused-ring (bicyclic) bond motifs is 1. The molecule has 0 bridgehead atoms. The van der Waals surface area contributed by atoms with Gasteiger partial charge in [0.1, 0.15) is 0 Å². The molecule has 4 heteroatoms. The van der Waals surface area contributed by atoms with Crippen molar-refractivity contribution < 1.29 is 5.11 Å². The summed E-state index contributed by atoms with van der Waals surface area (Å²) in [5.41, 5.74) is 1.03. The van der Waals surface area contributed by atoms with Gasteiger partial charge in [-0.15, -0.1) is 22.7 Å². The van der Waals surface area contributed by atoms with Crippen molar-refractivity contribution in [3.63, 3.8) is 0 Å². The highest BCUT2D eigenvalue weighted by molar-refractivity contribution is 7.19. The van der Waals surface area contributed by atoms with Gasteiger partial charge in [-0.2, -0.15) is 0 Å². The van der Waals surface area contributed by atoms with Crippen LogP contribution in [0, 0.1) is 6.92 Å². The first-order chi connectivity index (χ1) is 8.72. The highest BCUT2D eigenvalue weighted by Gasteiger charge is 2.13. The summed E-state index contributed by atoms with van der Waals surface area (Å²) < 4.78 is 1.22. The summed E-state index contributed by atoms with van der Waals surface area (Å²) in [6.07, 6.45) is 0.152. The van der Waals surface area contributed by atoms with Gasteiger partial charge in [-0.1, -0.05) is 18.2 Å². The van der Waals surface area contributed by atoms with Crippen LogP contribution in [-0.4, -0.2) is 10.1 Å². The maximum atomic E-state index is 10.3. The summed E-state index contributed by atoms with van der Waals surface area (Å²) in [5, 5.41) is 14.5. The number of thiazole rings is 1. The van der Waals surface area contributed by atoms with Crippen molar-refractivity contribution in [1.29, 1.82) is 0 Å². The third-order valence-corrected chi connectivity index (χ3v) is 5.01. The second kappa shape index (κ2) is 4.80. The highest BCUT2D eigenvalue weighted by Crippen LogP contribution is 2.31. The first-order valence-corrected chi connectivity index (χ1v) is 7.49. The topological polar surface area (TPSA) is 33.1 Å².